The van der Waals surface area contributed by atoms with Crippen molar-refractivity contribution in [2.75, 3.05) is 40.4 Å². The number of nitrogens with two attached hydrogens (primary N) is 1. The van der Waals surface area contributed by atoms with Gasteiger partial charge in [0.2, 0.25) is 0 Å². The van der Waals surface area contributed by atoms with Gasteiger partial charge >= 0.3 is 6.18 Å². The lowest BCUT2D eigenvalue weighted by atomic mass is 10.00. The molecule has 158 valence electrons. The summed E-state index contributed by atoms with van der Waals surface area (Å²) < 4.78 is 55.5. The zero-order chi connectivity index (χ0) is 21.0. The van der Waals surface area contributed by atoms with Crippen LogP contribution in [0.3, 0.4) is 0 Å². The van der Waals surface area contributed by atoms with E-state index in [0.29, 0.717) is 36.9 Å². The number of benzene rings is 2. The molecule has 0 radical (unpaired) electrons. The quantitative estimate of drug-likeness (QED) is 0.788. The Hall–Kier alpha value is -2.45. The summed E-state index contributed by atoms with van der Waals surface area (Å²) in [6.45, 7) is 2.58. The number of hydrogen-bond donors (Lipinski definition) is 1. The maximum atomic E-state index is 12.8. The van der Waals surface area contributed by atoms with Gasteiger partial charge in [0.05, 0.1) is 19.8 Å². The Morgan fingerprint density at radius 1 is 1.07 bits per heavy atom. The molecule has 0 bridgehead atoms. The molecule has 29 heavy (non-hydrogen) atoms. The van der Waals surface area contributed by atoms with Crippen LogP contribution < -0.4 is 19.9 Å². The summed E-state index contributed by atoms with van der Waals surface area (Å²) in [7, 11) is 3.14. The van der Waals surface area contributed by atoms with Gasteiger partial charge in [-0.2, -0.15) is 13.2 Å². The van der Waals surface area contributed by atoms with Crippen molar-refractivity contribution in [3.8, 4) is 17.2 Å². The molecule has 1 aliphatic heterocycles. The Bertz CT molecular complexity index is 825. The largest absolute Gasteiger partial charge is 0.493 e. The lowest BCUT2D eigenvalue weighted by Crippen LogP contribution is -2.34. The molecule has 0 spiro atoms. The van der Waals surface area contributed by atoms with Gasteiger partial charge in [-0.05, 0) is 48.4 Å². The van der Waals surface area contributed by atoms with E-state index in [4.69, 9.17) is 19.9 Å². The monoisotopic (exact) mass is 410 g/mol. The molecule has 0 saturated heterocycles. The van der Waals surface area contributed by atoms with Crippen molar-refractivity contribution in [1.29, 1.82) is 0 Å². The summed E-state index contributed by atoms with van der Waals surface area (Å²) in [6, 6.07) is 8.57. The molecule has 0 aliphatic carbocycles. The third-order valence-corrected chi connectivity index (χ3v) is 5.02. The van der Waals surface area contributed by atoms with E-state index < -0.39 is 11.7 Å². The molecule has 1 atom stereocenters. The van der Waals surface area contributed by atoms with Crippen LogP contribution in [0.4, 0.5) is 13.2 Å². The number of nitrogens with zero attached hydrogens (tertiary/aromatic N) is 1. The van der Waals surface area contributed by atoms with Crippen molar-refractivity contribution >= 4 is 0 Å². The minimum absolute atomic E-state index is 0.373. The third-order valence-electron chi connectivity index (χ3n) is 5.02. The van der Waals surface area contributed by atoms with E-state index in [-0.39, 0.29) is 6.10 Å². The fourth-order valence-corrected chi connectivity index (χ4v) is 3.53. The first-order valence-electron chi connectivity index (χ1n) is 9.36. The highest BCUT2D eigenvalue weighted by Gasteiger charge is 2.31. The normalized spacial score (nSPS) is 17.4. The van der Waals surface area contributed by atoms with Crippen LogP contribution in [0.15, 0.2) is 36.4 Å². The molecule has 8 heteroatoms. The van der Waals surface area contributed by atoms with E-state index in [9.17, 15) is 13.2 Å². The van der Waals surface area contributed by atoms with E-state index in [2.05, 4.69) is 4.90 Å². The molecule has 1 unspecified atom stereocenters. The predicted molar refractivity (Wildman–Crippen MR) is 104 cm³/mol. The molecule has 0 saturated carbocycles. The van der Waals surface area contributed by atoms with Crippen LogP contribution >= 0.6 is 0 Å². The summed E-state index contributed by atoms with van der Waals surface area (Å²) in [4.78, 5) is 2.19. The smallest absolute Gasteiger partial charge is 0.416 e. The number of rotatable bonds is 6. The summed E-state index contributed by atoms with van der Waals surface area (Å²) in [6.07, 6.45) is -3.98. The fraction of sp³-hybridized carbons (Fsp3) is 0.429. The van der Waals surface area contributed by atoms with Crippen LogP contribution in [0.25, 0.3) is 0 Å². The van der Waals surface area contributed by atoms with Crippen molar-refractivity contribution in [3.05, 3.63) is 53.1 Å². The van der Waals surface area contributed by atoms with E-state index in [1.807, 2.05) is 12.1 Å². The first-order valence-corrected chi connectivity index (χ1v) is 9.36. The number of alkyl halides is 3. The average Bonchev–Trinajstić information content (AvgIpc) is 2.86. The fourth-order valence-electron chi connectivity index (χ4n) is 3.53. The minimum atomic E-state index is -4.38. The van der Waals surface area contributed by atoms with Gasteiger partial charge in [0.15, 0.2) is 11.5 Å². The first-order chi connectivity index (χ1) is 13.9. The molecule has 0 aromatic heterocycles. The molecule has 2 aromatic carbocycles. The van der Waals surface area contributed by atoms with Crippen molar-refractivity contribution in [2.45, 2.75) is 18.7 Å². The van der Waals surface area contributed by atoms with E-state index in [0.717, 1.165) is 36.2 Å². The molecule has 5 nitrogen and oxygen atoms in total. The Morgan fingerprint density at radius 3 is 2.31 bits per heavy atom. The van der Waals surface area contributed by atoms with E-state index in [1.54, 1.807) is 14.2 Å². The van der Waals surface area contributed by atoms with Crippen molar-refractivity contribution in [2.24, 2.45) is 5.73 Å². The second kappa shape index (κ2) is 8.92. The molecule has 1 heterocycles. The Kier molecular flexibility index (Phi) is 6.54. The predicted octanol–water partition coefficient (Wildman–Crippen LogP) is 3.66. The highest BCUT2D eigenvalue weighted by molar-refractivity contribution is 5.49. The molecule has 2 aromatic rings. The molecular weight excluding hydrogens is 385 g/mol. The van der Waals surface area contributed by atoms with Gasteiger partial charge in [-0.1, -0.05) is 0 Å². The van der Waals surface area contributed by atoms with Crippen LogP contribution in [0.1, 0.15) is 22.8 Å². The number of ether oxygens (including phenoxy) is 3. The molecule has 2 N–H and O–H groups in total. The Morgan fingerprint density at radius 2 is 1.72 bits per heavy atom. The molecular formula is C21H25F3N2O3. The topological polar surface area (TPSA) is 57.0 Å². The summed E-state index contributed by atoms with van der Waals surface area (Å²) in [5.41, 5.74) is 7.01. The second-order valence-corrected chi connectivity index (χ2v) is 6.87. The second-order valence-electron chi connectivity index (χ2n) is 6.87. The SMILES string of the molecule is COc1cc2c(cc1OC)C(Oc1ccc(C(F)(F)F)cc1)CN(CCN)CC2. The maximum Gasteiger partial charge on any atom is 0.416 e. The number of fused-ring (bicyclic) bond motifs is 1. The van der Waals surface area contributed by atoms with Gasteiger partial charge < -0.3 is 19.9 Å². The number of methoxy groups -OCH3 is 2. The van der Waals surface area contributed by atoms with Crippen molar-refractivity contribution in [3.63, 3.8) is 0 Å². The van der Waals surface area contributed by atoms with Crippen LogP contribution in [0.5, 0.6) is 17.2 Å². The molecule has 1 aliphatic rings. The zero-order valence-corrected chi connectivity index (χ0v) is 16.5. The van der Waals surface area contributed by atoms with Crippen LogP contribution in [-0.2, 0) is 12.6 Å². The standard InChI is InChI=1S/C21H25F3N2O3/c1-27-18-11-14-7-9-26(10-8-25)13-20(17(14)12-19(18)28-2)29-16-5-3-15(4-6-16)21(22,23)24/h3-6,11-12,20H,7-10,13,25H2,1-2H3. The Labute approximate surface area is 168 Å². The van der Waals surface area contributed by atoms with E-state index in [1.165, 1.54) is 12.1 Å². The number of halogens is 3. The average molecular weight is 410 g/mol. The van der Waals surface area contributed by atoms with Crippen LogP contribution in [-0.4, -0.2) is 45.3 Å². The maximum absolute atomic E-state index is 12.8. The van der Waals surface area contributed by atoms with Gasteiger partial charge in [-0.15, -0.1) is 0 Å². The van der Waals surface area contributed by atoms with Gasteiger partial charge in [0.1, 0.15) is 11.9 Å². The van der Waals surface area contributed by atoms with Gasteiger partial charge in [0, 0.05) is 31.7 Å². The summed E-state index contributed by atoms with van der Waals surface area (Å²) in [5, 5.41) is 0. The zero-order valence-electron chi connectivity index (χ0n) is 16.5. The first kappa shape index (κ1) is 21.3. The highest BCUT2D eigenvalue weighted by Crippen LogP contribution is 2.37. The van der Waals surface area contributed by atoms with Crippen molar-refractivity contribution in [1.82, 2.24) is 4.90 Å². The molecule has 0 fully saturated rings. The van der Waals surface area contributed by atoms with Crippen LogP contribution in [0, 0.1) is 0 Å². The van der Waals surface area contributed by atoms with Crippen LogP contribution in [0.2, 0.25) is 0 Å². The van der Waals surface area contributed by atoms with Gasteiger partial charge in [-0.3, -0.25) is 4.90 Å². The van der Waals surface area contributed by atoms with Crippen molar-refractivity contribution < 1.29 is 27.4 Å². The highest BCUT2D eigenvalue weighted by atomic mass is 19.4. The Balaban J connectivity index is 1.94. The molecule has 3 rings (SSSR count). The van der Waals surface area contributed by atoms with Gasteiger partial charge in [0.25, 0.3) is 0 Å². The summed E-state index contributed by atoms with van der Waals surface area (Å²) >= 11 is 0. The van der Waals surface area contributed by atoms with E-state index >= 15 is 0 Å². The third kappa shape index (κ3) is 4.94. The number of hydrogen-bond acceptors (Lipinski definition) is 5. The minimum Gasteiger partial charge on any atom is -0.493 e. The summed E-state index contributed by atoms with van der Waals surface area (Å²) in [5.74, 6) is 1.59. The van der Waals surface area contributed by atoms with Gasteiger partial charge in [-0.25, -0.2) is 0 Å². The molecule has 0 amide bonds. The lowest BCUT2D eigenvalue weighted by molar-refractivity contribution is -0.137. The lowest BCUT2D eigenvalue weighted by Gasteiger charge is -2.25.